The van der Waals surface area contributed by atoms with Crippen molar-refractivity contribution in [2.45, 2.75) is 132 Å². The van der Waals surface area contributed by atoms with E-state index in [-0.39, 0.29) is 0 Å². The van der Waals surface area contributed by atoms with Crippen LogP contribution in [0, 0.1) is 0 Å². The van der Waals surface area contributed by atoms with Gasteiger partial charge in [0.1, 0.15) is 23.0 Å². The molecule has 0 aliphatic carbocycles. The molecule has 116 heavy (non-hydrogen) atoms. The number of fused-ring (bicyclic) bond motifs is 24. The van der Waals surface area contributed by atoms with E-state index in [0.29, 0.717) is 26.4 Å². The maximum Gasteiger partial charge on any atom is 0.123 e. The quantitative estimate of drug-likeness (QED) is 0.0296. The molecule has 602 valence electrons. The van der Waals surface area contributed by atoms with Gasteiger partial charge >= 0.3 is 0 Å². The SMILES string of the molecule is CC[N+](C)(CC)CCCCCOc1cc(OCCCCC[N+](C)(CC)CC)cc(-c2c3nc(cc4[nH]c(c(-c5cc(OCCCCC[N+](C)(CC)CC)cc(OCCCCC[N+](C)(CC)CC)c5)c5nc(cc6[nH]c2c2cc7ccccc7cc62)-c2cc6ccccc6cc2-5)c2cc5ccccc5cc42)-c2cc4ccccc4cc2-3)c1. The summed E-state index contributed by atoms with van der Waals surface area (Å²) in [6, 6.07) is 72.2. The van der Waals surface area contributed by atoms with E-state index in [1.54, 1.807) is 0 Å². The van der Waals surface area contributed by atoms with Crippen molar-refractivity contribution in [2.75, 3.05) is 133 Å². The summed E-state index contributed by atoms with van der Waals surface area (Å²) in [7, 11) is 9.54. The average Bonchev–Trinajstić information content (AvgIpc) is 1.56. The second kappa shape index (κ2) is 35.8. The number of H-pyrrole nitrogens is 2. The highest BCUT2D eigenvalue weighted by Gasteiger charge is 2.30. The van der Waals surface area contributed by atoms with E-state index in [1.165, 1.54) is 0 Å². The molecule has 3 aromatic heterocycles. The number of ether oxygens (including phenoxy) is 4. The molecule has 0 amide bonds. The lowest BCUT2D eigenvalue weighted by molar-refractivity contribution is -0.906. The fourth-order valence-corrected chi connectivity index (χ4v) is 17.7. The summed E-state index contributed by atoms with van der Waals surface area (Å²) < 4.78 is 32.6. The van der Waals surface area contributed by atoms with Gasteiger partial charge in [-0.25, -0.2) is 9.97 Å². The molecule has 0 atom stereocenters. The van der Waals surface area contributed by atoms with Crippen molar-refractivity contribution in [3.8, 4) is 90.3 Å². The molecule has 15 rings (SSSR count). The molecule has 0 radical (unpaired) electrons. The Hall–Kier alpha value is -10.1. The Kier molecular flexibility index (Phi) is 25.0. The van der Waals surface area contributed by atoms with Crippen LogP contribution in [-0.2, 0) is 0 Å². The van der Waals surface area contributed by atoms with Gasteiger partial charge in [0.2, 0.25) is 0 Å². The van der Waals surface area contributed by atoms with E-state index in [2.05, 4.69) is 288 Å². The van der Waals surface area contributed by atoms with Crippen molar-refractivity contribution >= 4 is 86.7 Å². The summed E-state index contributed by atoms with van der Waals surface area (Å²) in [5.74, 6) is 3.12. The fraction of sp³-hybridized carbons (Fsp3) is 0.385. The van der Waals surface area contributed by atoms with Crippen LogP contribution in [0.15, 0.2) is 194 Å². The van der Waals surface area contributed by atoms with E-state index in [9.17, 15) is 0 Å². The van der Waals surface area contributed by atoms with Crippen LogP contribution in [0.3, 0.4) is 0 Å². The molecule has 8 bridgehead atoms. The van der Waals surface area contributed by atoms with Crippen molar-refractivity contribution in [3.05, 3.63) is 194 Å². The first kappa shape index (κ1) is 81.1. The lowest BCUT2D eigenvalue weighted by Gasteiger charge is -2.32. The molecule has 0 saturated heterocycles. The molecule has 13 aromatic rings. The number of hydrogen-bond acceptors (Lipinski definition) is 6. The molecule has 0 spiro atoms. The van der Waals surface area contributed by atoms with Crippen LogP contribution in [-0.4, -0.2) is 171 Å². The molecule has 0 fully saturated rings. The second-order valence-corrected chi connectivity index (χ2v) is 34.5. The Labute approximate surface area is 689 Å². The monoisotopic (exact) mass is 1550 g/mol. The maximum absolute atomic E-state index is 7.07. The van der Waals surface area contributed by atoms with Crippen molar-refractivity contribution in [2.24, 2.45) is 0 Å². The van der Waals surface area contributed by atoms with Gasteiger partial charge in [0.25, 0.3) is 0 Å². The first-order valence-electron chi connectivity index (χ1n) is 44.2. The molecule has 12 nitrogen and oxygen atoms in total. The lowest BCUT2D eigenvalue weighted by atomic mass is 9.93. The number of unbranched alkanes of at least 4 members (excludes halogenated alkanes) is 8. The number of nitrogens with one attached hydrogen (secondary N) is 2. The third kappa shape index (κ3) is 17.6. The highest BCUT2D eigenvalue weighted by molar-refractivity contribution is 6.21. The van der Waals surface area contributed by atoms with Crippen LogP contribution in [0.25, 0.3) is 154 Å². The molecule has 0 saturated carbocycles. The largest absolute Gasteiger partial charge is 0.493 e. The Morgan fingerprint density at radius 1 is 0.267 bits per heavy atom. The normalized spacial score (nSPS) is 12.6. The zero-order valence-corrected chi connectivity index (χ0v) is 71.6. The summed E-state index contributed by atoms with van der Waals surface area (Å²) in [6.07, 6.45) is 12.8. The maximum atomic E-state index is 7.07. The predicted octanol–water partition coefficient (Wildman–Crippen LogP) is 25.4. The van der Waals surface area contributed by atoms with Gasteiger partial charge in [0.15, 0.2) is 0 Å². The third-order valence-electron chi connectivity index (χ3n) is 27.1. The molecule has 10 aromatic carbocycles. The van der Waals surface area contributed by atoms with Gasteiger partial charge in [0, 0.05) is 78.1 Å². The molecule has 2 N–H and O–H groups in total. The van der Waals surface area contributed by atoms with Crippen LogP contribution in [0.2, 0.25) is 0 Å². The zero-order chi connectivity index (χ0) is 80.6. The topological polar surface area (TPSA) is 94.3 Å². The highest BCUT2D eigenvalue weighted by atomic mass is 16.5. The summed E-state index contributed by atoms with van der Waals surface area (Å²) in [4.78, 5) is 20.9. The number of aromatic nitrogens is 4. The van der Waals surface area contributed by atoms with Gasteiger partial charge in [0.05, 0.1) is 167 Å². The molecule has 0 unspecified atom stereocenters. The number of rotatable bonds is 38. The highest BCUT2D eigenvalue weighted by Crippen LogP contribution is 2.51. The zero-order valence-electron chi connectivity index (χ0n) is 71.6. The molecule has 12 heteroatoms. The summed E-state index contributed by atoms with van der Waals surface area (Å²) in [5, 5.41) is 13.4. The van der Waals surface area contributed by atoms with Crippen LogP contribution in [0.4, 0.5) is 0 Å². The van der Waals surface area contributed by atoms with E-state index < -0.39 is 0 Å². The Morgan fingerprint density at radius 2 is 0.517 bits per heavy atom. The van der Waals surface area contributed by atoms with E-state index >= 15 is 0 Å². The van der Waals surface area contributed by atoms with Crippen molar-refractivity contribution in [1.29, 1.82) is 0 Å². The van der Waals surface area contributed by atoms with Crippen LogP contribution >= 0.6 is 0 Å². The summed E-state index contributed by atoms with van der Waals surface area (Å²) >= 11 is 0. The van der Waals surface area contributed by atoms with Crippen LogP contribution < -0.4 is 18.9 Å². The Morgan fingerprint density at radius 3 is 0.784 bits per heavy atom. The minimum Gasteiger partial charge on any atom is -0.493 e. The molecular weight excluding hydrogens is 1430 g/mol. The van der Waals surface area contributed by atoms with Crippen molar-refractivity contribution in [1.82, 2.24) is 19.9 Å². The average molecular weight is 1550 g/mol. The second-order valence-electron chi connectivity index (χ2n) is 34.5. The number of aromatic amines is 2. The van der Waals surface area contributed by atoms with Gasteiger partial charge in [-0.05, 0) is 272 Å². The van der Waals surface area contributed by atoms with Gasteiger partial charge in [-0.2, -0.15) is 0 Å². The lowest BCUT2D eigenvalue weighted by Crippen LogP contribution is -2.44. The van der Waals surface area contributed by atoms with E-state index in [4.69, 9.17) is 28.9 Å². The number of quaternary nitrogens is 4. The first-order chi connectivity index (χ1) is 56.5. The fourth-order valence-electron chi connectivity index (χ4n) is 17.7. The molecule has 2 aliphatic rings. The Bertz CT molecular complexity index is 5400. The summed E-state index contributed by atoms with van der Waals surface area (Å²) in [5.41, 5.74) is 15.2. The summed E-state index contributed by atoms with van der Waals surface area (Å²) in [6.45, 7) is 34.6. The van der Waals surface area contributed by atoms with Crippen LogP contribution in [0.5, 0.6) is 23.0 Å². The molecule has 2 aliphatic heterocycles. The standard InChI is InChI=1S/C104H126N8O4/c1-13-109(9,14-2)49-33-21-37-53-113-83-57-81(58-84(69-83)114-54-38-22-34-50-110(10,15-3)16-4)99-101-91-65-77-45-29-25-41-73(77)61-87(91)95(105-101)71-97-89-63-75-43-27-31-47-79(75)67-93(89)103(107-97)100(82-59-85(115-55-39-23-35-51-111(11,17-5)18-6)70-86(60-82)116-56-40-24-36-52-112(12,19-7)20-8)104-94-68-80-48-32-28-44-76(80)64-90(94)98(108-104)72-96-88-62-74-42-26-30-46-78(74)66-92(88)102(99)106-96/h25-32,41-48,57-72,105,108H,13-24,33-40,49-56H2,1-12H3/q+4. The third-order valence-corrected chi connectivity index (χ3v) is 27.1. The van der Waals surface area contributed by atoms with E-state index in [1.807, 2.05) is 0 Å². The molecule has 5 heterocycles. The predicted molar refractivity (Wildman–Crippen MR) is 492 cm³/mol. The smallest absolute Gasteiger partial charge is 0.123 e. The number of benzene rings is 10. The van der Waals surface area contributed by atoms with Gasteiger partial charge in [-0.1, -0.05) is 97.1 Å². The molecular formula is C104H126N8O4+4. The van der Waals surface area contributed by atoms with Crippen molar-refractivity contribution in [3.63, 3.8) is 0 Å². The van der Waals surface area contributed by atoms with Gasteiger partial charge < -0.3 is 46.8 Å². The minimum atomic E-state index is 0.590. The first-order valence-corrected chi connectivity index (χ1v) is 44.2. The number of nitrogens with zero attached hydrogens (tertiary/aromatic N) is 6. The number of hydrogen-bond donors (Lipinski definition) is 2. The van der Waals surface area contributed by atoms with E-state index in [0.717, 1.165) is 351 Å². The minimum absolute atomic E-state index is 0.590. The van der Waals surface area contributed by atoms with Gasteiger partial charge in [-0.15, -0.1) is 0 Å². The van der Waals surface area contributed by atoms with Crippen molar-refractivity contribution < 1.29 is 36.9 Å². The van der Waals surface area contributed by atoms with Crippen LogP contribution in [0.1, 0.15) is 132 Å². The van der Waals surface area contributed by atoms with Gasteiger partial charge in [-0.3, -0.25) is 0 Å². The Balaban J connectivity index is 1.01.